The van der Waals surface area contributed by atoms with Gasteiger partial charge in [-0.25, -0.2) is 8.42 Å². The summed E-state index contributed by atoms with van der Waals surface area (Å²) in [6.07, 6.45) is -1.39. The molecule has 33 heavy (non-hydrogen) atoms. The minimum absolute atomic E-state index is 0.0191. The molecule has 4 N–H and O–H groups in total. The number of carboxylic acids is 1. The predicted molar refractivity (Wildman–Crippen MR) is 107 cm³/mol. The molecule has 0 aliphatic heterocycles. The molecule has 2 aromatic rings. The highest BCUT2D eigenvalue weighted by Gasteiger charge is 2.40. The minimum atomic E-state index is -4.08. The number of carboxylic acid groups (broad SMARTS) is 1. The molecule has 1 aromatic carbocycles. The Balaban J connectivity index is 2.03. The number of sulfone groups is 1. The molecular formula is C17H19ClN5O9S+. The molecule has 0 bridgehead atoms. The summed E-state index contributed by atoms with van der Waals surface area (Å²) in [6.45, 7) is -0.209. The molecule has 0 fully saturated rings. The number of hydrogen-bond donors (Lipinski definition) is 3. The second-order valence-electron chi connectivity index (χ2n) is 6.68. The van der Waals surface area contributed by atoms with E-state index in [4.69, 9.17) is 31.8 Å². The molecule has 2 rings (SSSR count). The van der Waals surface area contributed by atoms with Gasteiger partial charge in [-0.1, -0.05) is 16.2 Å². The van der Waals surface area contributed by atoms with E-state index in [1.54, 1.807) is 0 Å². The molecule has 0 spiro atoms. The number of nitrogens with one attached hydrogen (secondary N) is 1. The summed E-state index contributed by atoms with van der Waals surface area (Å²) >= 11 is 5.79. The molecular weight excluding hydrogens is 486 g/mol. The number of benzene rings is 1. The first kappa shape index (κ1) is 25.8. The van der Waals surface area contributed by atoms with Crippen molar-refractivity contribution in [2.24, 2.45) is 18.0 Å². The molecule has 178 valence electrons. The molecule has 0 saturated carbocycles. The van der Waals surface area contributed by atoms with E-state index in [0.29, 0.717) is 5.02 Å². The summed E-state index contributed by atoms with van der Waals surface area (Å²) in [5, 5.41) is 16.4. The number of carbonyl (C=O) groups excluding carboxylic acids is 2. The first-order valence-electron chi connectivity index (χ1n) is 9.10. The zero-order valence-electron chi connectivity index (χ0n) is 17.1. The highest BCUT2D eigenvalue weighted by atomic mass is 35.5. The number of aryl methyl sites for hydroxylation is 1. The van der Waals surface area contributed by atoms with Crippen LogP contribution in [0.2, 0.25) is 5.02 Å². The number of amides is 2. The van der Waals surface area contributed by atoms with E-state index in [9.17, 15) is 27.7 Å². The first-order valence-corrected chi connectivity index (χ1v) is 11.0. The van der Waals surface area contributed by atoms with Gasteiger partial charge >= 0.3 is 22.8 Å². The fourth-order valence-corrected chi connectivity index (χ4v) is 4.15. The van der Waals surface area contributed by atoms with Gasteiger partial charge in [-0.15, -0.1) is 4.91 Å². The van der Waals surface area contributed by atoms with Gasteiger partial charge in [0, 0.05) is 16.6 Å². The Kier molecular flexibility index (Phi) is 8.18. The largest absolute Gasteiger partial charge is 0.481 e. The van der Waals surface area contributed by atoms with E-state index in [1.807, 2.05) is 5.32 Å². The van der Waals surface area contributed by atoms with Gasteiger partial charge in [0.2, 0.25) is 11.1 Å². The Morgan fingerprint density at radius 2 is 1.97 bits per heavy atom. The van der Waals surface area contributed by atoms with Gasteiger partial charge in [0.15, 0.2) is 5.66 Å². The molecule has 0 aliphatic rings. The lowest BCUT2D eigenvalue weighted by Gasteiger charge is -2.24. The third-order valence-corrected chi connectivity index (χ3v) is 6.22. The Hall–Kier alpha value is -3.43. The third-order valence-electron chi connectivity index (χ3n) is 4.14. The van der Waals surface area contributed by atoms with E-state index in [2.05, 4.69) is 10.3 Å². The normalized spacial score (nSPS) is 13.1. The number of nitrogens with two attached hydrogens (primary N) is 1. The zero-order chi connectivity index (χ0) is 24.8. The fourth-order valence-electron chi connectivity index (χ4n) is 2.61. The van der Waals surface area contributed by atoms with Gasteiger partial charge in [-0.05, 0) is 35.4 Å². The van der Waals surface area contributed by atoms with Crippen LogP contribution in [0.1, 0.15) is 19.3 Å². The van der Waals surface area contributed by atoms with E-state index in [0.717, 1.165) is 4.74 Å². The second kappa shape index (κ2) is 10.5. The molecule has 2 amide bonds. The number of nitroso groups, excluding NO2 is 1. The summed E-state index contributed by atoms with van der Waals surface area (Å²) in [5.41, 5.74) is 3.00. The third kappa shape index (κ3) is 6.30. The molecule has 0 radical (unpaired) electrons. The SMILES string of the molecule is C[n+]1onc(OCCCC(=O)N[C@@](N)(CC(=O)O)C(=O)N=O)c1S(=O)(=O)c1ccc(Cl)cc1. The van der Waals surface area contributed by atoms with Crippen LogP contribution in [0, 0.1) is 4.91 Å². The van der Waals surface area contributed by atoms with Gasteiger partial charge < -0.3 is 20.9 Å². The van der Waals surface area contributed by atoms with Crippen molar-refractivity contribution in [2.75, 3.05) is 6.61 Å². The highest BCUT2D eigenvalue weighted by molar-refractivity contribution is 7.91. The van der Waals surface area contributed by atoms with Crippen molar-refractivity contribution < 1.29 is 42.0 Å². The quantitative estimate of drug-likeness (QED) is 0.156. The van der Waals surface area contributed by atoms with Crippen molar-refractivity contribution in [1.82, 2.24) is 10.5 Å². The lowest BCUT2D eigenvalue weighted by molar-refractivity contribution is -0.882. The summed E-state index contributed by atoms with van der Waals surface area (Å²) in [5.74, 6) is -4.31. The smallest absolute Gasteiger partial charge is 0.440 e. The summed E-state index contributed by atoms with van der Waals surface area (Å²) in [7, 11) is -2.78. The molecule has 0 aliphatic carbocycles. The molecule has 1 heterocycles. The van der Waals surface area contributed by atoms with Crippen LogP contribution >= 0.6 is 11.6 Å². The average Bonchev–Trinajstić information content (AvgIpc) is 3.11. The molecule has 1 atom stereocenters. The summed E-state index contributed by atoms with van der Waals surface area (Å²) < 4.78 is 36.9. The number of nitrogens with zero attached hydrogens (tertiary/aromatic N) is 3. The van der Waals surface area contributed by atoms with Crippen molar-refractivity contribution in [3.8, 4) is 5.88 Å². The highest BCUT2D eigenvalue weighted by Crippen LogP contribution is 2.26. The van der Waals surface area contributed by atoms with Crippen LogP contribution in [0.25, 0.3) is 0 Å². The number of carbonyl (C=O) groups is 3. The van der Waals surface area contributed by atoms with Gasteiger partial charge in [-0.2, -0.15) is 0 Å². The Morgan fingerprint density at radius 1 is 1.33 bits per heavy atom. The van der Waals surface area contributed by atoms with Crippen LogP contribution < -0.4 is 20.5 Å². The van der Waals surface area contributed by atoms with E-state index in [1.165, 1.54) is 31.3 Å². The lowest BCUT2D eigenvalue weighted by atomic mass is 10.1. The maximum absolute atomic E-state index is 12.9. The molecule has 1 aromatic heterocycles. The first-order chi connectivity index (χ1) is 15.4. The van der Waals surface area contributed by atoms with Crippen molar-refractivity contribution in [1.29, 1.82) is 0 Å². The standard InChI is InChI=1S/C17H18ClN5O9S/c1-23-15(33(29,30)11-6-4-10(18)5-7-11)14(22-32-23)31-8-2-3-12(24)20-17(19,9-13(25)26)16(27)21-28/h4-7H,2-3,8-9,19H2,1H3,(H-,20,24,25,26)/p+1/t17-/m0/s1. The van der Waals surface area contributed by atoms with Gasteiger partial charge in [0.05, 0.1) is 17.9 Å². The number of halogens is 1. The van der Waals surface area contributed by atoms with Crippen LogP contribution in [-0.2, 0) is 31.3 Å². The lowest BCUT2D eigenvalue weighted by Crippen LogP contribution is -2.62. The van der Waals surface area contributed by atoms with Crippen molar-refractivity contribution in [2.45, 2.75) is 34.8 Å². The van der Waals surface area contributed by atoms with Crippen LogP contribution in [0.3, 0.4) is 0 Å². The van der Waals surface area contributed by atoms with Crippen LogP contribution in [0.5, 0.6) is 5.88 Å². The van der Waals surface area contributed by atoms with E-state index in [-0.39, 0.29) is 35.2 Å². The van der Waals surface area contributed by atoms with Crippen molar-refractivity contribution in [3.63, 3.8) is 0 Å². The summed E-state index contributed by atoms with van der Waals surface area (Å²) in [6, 6.07) is 5.39. The van der Waals surface area contributed by atoms with Crippen molar-refractivity contribution >= 4 is 39.2 Å². The Morgan fingerprint density at radius 3 is 2.55 bits per heavy atom. The van der Waals surface area contributed by atoms with Gasteiger partial charge in [0.25, 0.3) is 9.84 Å². The van der Waals surface area contributed by atoms with Crippen LogP contribution in [0.15, 0.2) is 44.0 Å². The second-order valence-corrected chi connectivity index (χ2v) is 8.98. The monoisotopic (exact) mass is 504 g/mol. The fraction of sp³-hybridized carbons (Fsp3) is 0.353. The number of rotatable bonds is 11. The molecule has 14 nitrogen and oxygen atoms in total. The number of aliphatic carboxylic acids is 1. The van der Waals surface area contributed by atoms with Crippen LogP contribution in [0.4, 0.5) is 0 Å². The molecule has 0 unspecified atom stereocenters. The zero-order valence-corrected chi connectivity index (χ0v) is 18.6. The Bertz CT molecular complexity index is 1170. The maximum atomic E-state index is 12.9. The number of aromatic nitrogens is 2. The topological polar surface area (TPSA) is 212 Å². The molecule has 0 saturated heterocycles. The average molecular weight is 505 g/mol. The summed E-state index contributed by atoms with van der Waals surface area (Å²) in [4.78, 5) is 44.7. The van der Waals surface area contributed by atoms with Gasteiger partial charge in [-0.3, -0.25) is 14.4 Å². The molecule has 16 heteroatoms. The van der Waals surface area contributed by atoms with Crippen molar-refractivity contribution in [3.05, 3.63) is 34.2 Å². The number of hydrogen-bond acceptors (Lipinski definition) is 10. The van der Waals surface area contributed by atoms with E-state index < -0.39 is 39.7 Å². The number of ether oxygens (including phenoxy) is 1. The van der Waals surface area contributed by atoms with Gasteiger partial charge in [0.1, 0.15) is 7.05 Å². The van der Waals surface area contributed by atoms with E-state index >= 15 is 0 Å². The minimum Gasteiger partial charge on any atom is -0.481 e. The Labute approximate surface area is 191 Å². The van der Waals surface area contributed by atoms with Crippen LogP contribution in [-0.4, -0.2) is 48.7 Å². The predicted octanol–water partition coefficient (Wildman–Crippen LogP) is -0.317. The maximum Gasteiger partial charge on any atom is 0.440 e.